The summed E-state index contributed by atoms with van der Waals surface area (Å²) in [4.78, 5) is 17.4. The fourth-order valence-electron chi connectivity index (χ4n) is 3.50. The minimum Gasteiger partial charge on any atom is -0.350 e. The number of carbonyl (C=O) groups excluding carboxylic acids is 1. The number of nitrogens with zero attached hydrogens (tertiary/aromatic N) is 2. The number of halogens is 1. The maximum Gasteiger partial charge on any atom is 0.220 e. The van der Waals surface area contributed by atoms with Crippen molar-refractivity contribution in [3.05, 3.63) is 95.3 Å². The summed E-state index contributed by atoms with van der Waals surface area (Å²) >= 11 is 6.04. The smallest absolute Gasteiger partial charge is 0.220 e. The Labute approximate surface area is 175 Å². The van der Waals surface area contributed by atoms with Crippen LogP contribution in [0.4, 0.5) is 0 Å². The Balaban J connectivity index is 1.55. The van der Waals surface area contributed by atoms with Crippen LogP contribution in [-0.4, -0.2) is 15.3 Å². The molecule has 0 radical (unpaired) electrons. The van der Waals surface area contributed by atoms with Crippen molar-refractivity contribution < 1.29 is 4.79 Å². The van der Waals surface area contributed by atoms with E-state index in [9.17, 15) is 4.79 Å². The molecule has 0 fully saturated rings. The lowest BCUT2D eigenvalue weighted by Gasteiger charge is -2.14. The minimum absolute atomic E-state index is 0.0225. The van der Waals surface area contributed by atoms with Crippen LogP contribution in [0.15, 0.2) is 79.0 Å². The Hall–Kier alpha value is -3.11. The van der Waals surface area contributed by atoms with Gasteiger partial charge in [-0.3, -0.25) is 4.79 Å². The van der Waals surface area contributed by atoms with E-state index < -0.39 is 0 Å². The van der Waals surface area contributed by atoms with Crippen molar-refractivity contribution in [3.8, 4) is 11.3 Å². The van der Waals surface area contributed by atoms with Crippen molar-refractivity contribution in [2.24, 2.45) is 0 Å². The van der Waals surface area contributed by atoms with Crippen LogP contribution in [0.3, 0.4) is 0 Å². The summed E-state index contributed by atoms with van der Waals surface area (Å²) < 4.78 is 2.05. The van der Waals surface area contributed by atoms with E-state index in [-0.39, 0.29) is 11.9 Å². The number of imidazole rings is 1. The maximum atomic E-state index is 12.6. The first kappa shape index (κ1) is 19.2. The molecule has 2 aromatic heterocycles. The Morgan fingerprint density at radius 1 is 1.03 bits per heavy atom. The number of aryl methyl sites for hydroxylation is 1. The van der Waals surface area contributed by atoms with Gasteiger partial charge >= 0.3 is 0 Å². The van der Waals surface area contributed by atoms with Crippen LogP contribution in [0.25, 0.3) is 16.9 Å². The third-order valence-corrected chi connectivity index (χ3v) is 5.26. The van der Waals surface area contributed by atoms with Crippen LogP contribution in [0, 0.1) is 0 Å². The number of carbonyl (C=O) groups is 1. The van der Waals surface area contributed by atoms with Crippen LogP contribution >= 0.6 is 11.6 Å². The zero-order chi connectivity index (χ0) is 20.2. The lowest BCUT2D eigenvalue weighted by molar-refractivity contribution is -0.121. The third kappa shape index (κ3) is 4.33. The zero-order valence-electron chi connectivity index (χ0n) is 16.2. The third-order valence-electron chi connectivity index (χ3n) is 5.01. The molecule has 0 aliphatic carbocycles. The molecule has 1 amide bonds. The molecule has 1 N–H and O–H groups in total. The molecule has 4 rings (SSSR count). The molecule has 0 aliphatic rings. The van der Waals surface area contributed by atoms with Crippen molar-refractivity contribution in [1.29, 1.82) is 0 Å². The van der Waals surface area contributed by atoms with E-state index in [1.807, 2.05) is 85.9 Å². The Kier molecular flexibility index (Phi) is 5.63. The molecule has 0 bridgehead atoms. The standard InChI is InChI=1S/C24H22ClN3O/c1-17(18-7-3-2-4-8-18)26-23(29)15-14-21-24(19-10-12-20(25)13-11-19)27-22-9-5-6-16-28(21)22/h2-13,16-17H,14-15H2,1H3,(H,26,29)/t17-/m0/s1. The molecule has 29 heavy (non-hydrogen) atoms. The average molecular weight is 404 g/mol. The highest BCUT2D eigenvalue weighted by Crippen LogP contribution is 2.27. The molecule has 4 nitrogen and oxygen atoms in total. The summed E-state index contributed by atoms with van der Waals surface area (Å²) in [6, 6.07) is 23.5. The summed E-state index contributed by atoms with van der Waals surface area (Å²) in [5.74, 6) is 0.0225. The lowest BCUT2D eigenvalue weighted by atomic mass is 10.1. The number of hydrogen-bond donors (Lipinski definition) is 1. The maximum absolute atomic E-state index is 12.6. The first-order chi connectivity index (χ1) is 14.1. The predicted molar refractivity (Wildman–Crippen MR) is 117 cm³/mol. The van der Waals surface area contributed by atoms with E-state index in [0.717, 1.165) is 28.2 Å². The second kappa shape index (κ2) is 8.50. The molecule has 0 unspecified atom stereocenters. The average Bonchev–Trinajstić information content (AvgIpc) is 3.12. The molecular weight excluding hydrogens is 382 g/mol. The molecule has 0 aliphatic heterocycles. The first-order valence-electron chi connectivity index (χ1n) is 9.68. The van der Waals surface area contributed by atoms with Crippen molar-refractivity contribution in [2.75, 3.05) is 0 Å². The highest BCUT2D eigenvalue weighted by Gasteiger charge is 2.16. The molecular formula is C24H22ClN3O. The molecule has 0 saturated heterocycles. The van der Waals surface area contributed by atoms with E-state index in [2.05, 4.69) is 9.72 Å². The fraction of sp³-hybridized carbons (Fsp3) is 0.167. The van der Waals surface area contributed by atoms with Crippen LogP contribution < -0.4 is 5.32 Å². The molecule has 2 heterocycles. The van der Waals surface area contributed by atoms with Gasteiger partial charge in [-0.1, -0.05) is 60.1 Å². The van der Waals surface area contributed by atoms with Gasteiger partial charge in [0.05, 0.1) is 17.4 Å². The van der Waals surface area contributed by atoms with E-state index in [4.69, 9.17) is 16.6 Å². The molecule has 146 valence electrons. The topological polar surface area (TPSA) is 46.4 Å². The zero-order valence-corrected chi connectivity index (χ0v) is 16.9. The summed E-state index contributed by atoms with van der Waals surface area (Å²) in [7, 11) is 0. The normalized spacial score (nSPS) is 12.1. The summed E-state index contributed by atoms with van der Waals surface area (Å²) in [6.07, 6.45) is 2.97. The summed E-state index contributed by atoms with van der Waals surface area (Å²) in [5, 5.41) is 3.78. The van der Waals surface area contributed by atoms with E-state index in [1.165, 1.54) is 0 Å². The molecule has 1 atom stereocenters. The Morgan fingerprint density at radius 2 is 1.76 bits per heavy atom. The highest BCUT2D eigenvalue weighted by atomic mass is 35.5. The summed E-state index contributed by atoms with van der Waals surface area (Å²) in [5.41, 5.74) is 4.86. The Morgan fingerprint density at radius 3 is 2.52 bits per heavy atom. The SMILES string of the molecule is C[C@H](NC(=O)CCc1c(-c2ccc(Cl)cc2)nc2ccccn12)c1ccccc1. The van der Waals surface area contributed by atoms with Crippen LogP contribution in [-0.2, 0) is 11.2 Å². The quantitative estimate of drug-likeness (QED) is 0.464. The van der Waals surface area contributed by atoms with E-state index >= 15 is 0 Å². The van der Waals surface area contributed by atoms with Gasteiger partial charge in [-0.2, -0.15) is 0 Å². The second-order valence-electron chi connectivity index (χ2n) is 7.04. The van der Waals surface area contributed by atoms with Gasteiger partial charge in [0.25, 0.3) is 0 Å². The van der Waals surface area contributed by atoms with Gasteiger partial charge in [-0.15, -0.1) is 0 Å². The molecule has 0 spiro atoms. The van der Waals surface area contributed by atoms with Gasteiger partial charge < -0.3 is 9.72 Å². The van der Waals surface area contributed by atoms with Gasteiger partial charge in [-0.25, -0.2) is 4.98 Å². The van der Waals surface area contributed by atoms with Crippen LogP contribution in [0.1, 0.15) is 30.6 Å². The number of nitrogens with one attached hydrogen (secondary N) is 1. The van der Waals surface area contributed by atoms with Crippen molar-refractivity contribution in [3.63, 3.8) is 0 Å². The number of pyridine rings is 1. The predicted octanol–water partition coefficient (Wildman–Crippen LogP) is 5.46. The van der Waals surface area contributed by atoms with Crippen molar-refractivity contribution in [2.45, 2.75) is 25.8 Å². The van der Waals surface area contributed by atoms with Crippen molar-refractivity contribution in [1.82, 2.24) is 14.7 Å². The number of fused-ring (bicyclic) bond motifs is 1. The first-order valence-corrected chi connectivity index (χ1v) is 10.1. The number of amides is 1. The highest BCUT2D eigenvalue weighted by molar-refractivity contribution is 6.30. The number of hydrogen-bond acceptors (Lipinski definition) is 2. The number of aromatic nitrogens is 2. The van der Waals surface area contributed by atoms with Gasteiger partial charge in [0.2, 0.25) is 5.91 Å². The second-order valence-corrected chi connectivity index (χ2v) is 7.48. The fourth-order valence-corrected chi connectivity index (χ4v) is 3.62. The van der Waals surface area contributed by atoms with Gasteiger partial charge in [0.1, 0.15) is 5.65 Å². The van der Waals surface area contributed by atoms with Crippen molar-refractivity contribution >= 4 is 23.2 Å². The van der Waals surface area contributed by atoms with E-state index in [1.54, 1.807) is 0 Å². The van der Waals surface area contributed by atoms with Crippen LogP contribution in [0.5, 0.6) is 0 Å². The molecule has 5 heteroatoms. The van der Waals surface area contributed by atoms with Gasteiger partial charge in [0.15, 0.2) is 0 Å². The number of rotatable bonds is 6. The van der Waals surface area contributed by atoms with Gasteiger partial charge in [-0.05, 0) is 43.2 Å². The number of benzene rings is 2. The molecule has 2 aromatic carbocycles. The Bertz CT molecular complexity index is 1120. The monoisotopic (exact) mass is 403 g/mol. The minimum atomic E-state index is -0.0263. The molecule has 0 saturated carbocycles. The lowest BCUT2D eigenvalue weighted by Crippen LogP contribution is -2.26. The molecule has 4 aromatic rings. The summed E-state index contributed by atoms with van der Waals surface area (Å²) in [6.45, 7) is 2.00. The van der Waals surface area contributed by atoms with Gasteiger partial charge in [0, 0.05) is 23.2 Å². The van der Waals surface area contributed by atoms with Crippen LogP contribution in [0.2, 0.25) is 5.02 Å². The van der Waals surface area contributed by atoms with E-state index in [0.29, 0.717) is 17.9 Å². The largest absolute Gasteiger partial charge is 0.350 e.